The largest absolute Gasteiger partial charge is 0.488 e. The summed E-state index contributed by atoms with van der Waals surface area (Å²) in [5, 5.41) is 3.88. The van der Waals surface area contributed by atoms with Gasteiger partial charge in [0.05, 0.1) is 17.6 Å². The van der Waals surface area contributed by atoms with Crippen LogP contribution in [0.5, 0.6) is 5.75 Å². The number of rotatable bonds is 7. The highest BCUT2D eigenvalue weighted by atomic mass is 19.1. The summed E-state index contributed by atoms with van der Waals surface area (Å²) in [6.45, 7) is 3.45. The molecule has 0 amide bonds. The normalized spacial score (nSPS) is 14.0. The molecule has 0 spiro atoms. The molecule has 6 rings (SSSR count). The number of nitrogens with one attached hydrogen (secondary N) is 1. The third-order valence-electron chi connectivity index (χ3n) is 7.06. The molecule has 5 aromatic rings. The van der Waals surface area contributed by atoms with Gasteiger partial charge < -0.3 is 18.8 Å². The Labute approximate surface area is 228 Å². The molecule has 0 bridgehead atoms. The maximum absolute atomic E-state index is 14.2. The van der Waals surface area contributed by atoms with Crippen LogP contribution in [0.25, 0.3) is 22.2 Å². The molecule has 40 heavy (non-hydrogen) atoms. The van der Waals surface area contributed by atoms with Crippen molar-refractivity contribution < 1.29 is 23.1 Å². The topological polar surface area (TPSA) is 104 Å². The molecule has 0 radical (unpaired) electrons. The number of allylic oxidation sites excluding steroid dienone is 1. The number of halogens is 1. The van der Waals surface area contributed by atoms with Crippen molar-refractivity contribution in [3.8, 4) is 5.75 Å². The highest BCUT2D eigenvalue weighted by molar-refractivity contribution is 5.99. The number of hydrogen-bond donors (Lipinski definition) is 1. The number of ether oxygens (including phenoxy) is 3. The molecule has 1 N–H and O–H groups in total. The van der Waals surface area contributed by atoms with Crippen LogP contribution in [0, 0.1) is 5.82 Å². The van der Waals surface area contributed by atoms with Crippen LogP contribution < -0.4 is 10.5 Å². The number of aromatic nitrogens is 4. The number of methoxy groups -OCH3 is 2. The van der Waals surface area contributed by atoms with Gasteiger partial charge in [-0.15, -0.1) is 0 Å². The van der Waals surface area contributed by atoms with E-state index in [2.05, 4.69) is 20.8 Å². The van der Waals surface area contributed by atoms with E-state index in [9.17, 15) is 9.18 Å². The quantitative estimate of drug-likeness (QED) is 0.306. The summed E-state index contributed by atoms with van der Waals surface area (Å²) in [4.78, 5) is 19.2. The minimum atomic E-state index is -0.650. The molecule has 0 unspecified atom stereocenters. The number of fused-ring (bicyclic) bond motifs is 3. The van der Waals surface area contributed by atoms with E-state index in [1.807, 2.05) is 37.3 Å². The van der Waals surface area contributed by atoms with Gasteiger partial charge in [0.25, 0.3) is 0 Å². The van der Waals surface area contributed by atoms with E-state index in [0.717, 1.165) is 44.7 Å². The minimum Gasteiger partial charge on any atom is -0.488 e. The average Bonchev–Trinajstić information content (AvgIpc) is 3.49. The first-order valence-electron chi connectivity index (χ1n) is 12.7. The lowest BCUT2D eigenvalue weighted by Gasteiger charge is -2.15. The van der Waals surface area contributed by atoms with E-state index >= 15 is 0 Å². The molecular weight excluding hydrogens is 515 g/mol. The third kappa shape index (κ3) is 4.61. The smallest absolute Gasteiger partial charge is 0.439 e. The Morgan fingerprint density at radius 1 is 1.07 bits per heavy atom. The first-order valence-corrected chi connectivity index (χ1v) is 12.7. The second-order valence-electron chi connectivity index (χ2n) is 9.63. The van der Waals surface area contributed by atoms with E-state index in [4.69, 9.17) is 23.7 Å². The second kappa shape index (κ2) is 10.6. The lowest BCUT2D eigenvalue weighted by molar-refractivity contribution is 0.175. The molecule has 1 aliphatic heterocycles. The minimum absolute atomic E-state index is 0.235. The van der Waals surface area contributed by atoms with Crippen molar-refractivity contribution in [1.29, 1.82) is 0 Å². The Bertz CT molecular complexity index is 1820. The van der Waals surface area contributed by atoms with Crippen LogP contribution in [0.4, 0.5) is 4.39 Å². The van der Waals surface area contributed by atoms with Crippen molar-refractivity contribution in [2.75, 3.05) is 14.2 Å². The van der Waals surface area contributed by atoms with E-state index in [1.54, 1.807) is 20.3 Å². The highest BCUT2D eigenvalue weighted by Crippen LogP contribution is 2.41. The molecule has 0 fully saturated rings. The molecule has 3 heterocycles. The molecule has 0 saturated heterocycles. The van der Waals surface area contributed by atoms with Gasteiger partial charge in [-0.05, 0) is 53.5 Å². The summed E-state index contributed by atoms with van der Waals surface area (Å²) in [7, 11) is 3.32. The highest BCUT2D eigenvalue weighted by Gasteiger charge is 2.24. The Balaban J connectivity index is 1.47. The van der Waals surface area contributed by atoms with Crippen LogP contribution in [-0.4, -0.2) is 33.9 Å². The monoisotopic (exact) mass is 542 g/mol. The van der Waals surface area contributed by atoms with Gasteiger partial charge in [0.1, 0.15) is 30.6 Å². The maximum Gasteiger partial charge on any atom is 0.439 e. The fourth-order valence-corrected chi connectivity index (χ4v) is 5.27. The van der Waals surface area contributed by atoms with Gasteiger partial charge in [0.15, 0.2) is 5.82 Å². The second-order valence-corrected chi connectivity index (χ2v) is 9.63. The summed E-state index contributed by atoms with van der Waals surface area (Å²) in [5.74, 6) is 0.465. The number of aromatic amines is 1. The number of hydrogen-bond acceptors (Lipinski definition) is 7. The zero-order valence-corrected chi connectivity index (χ0v) is 22.3. The molecular formula is C30H27FN4O5. The van der Waals surface area contributed by atoms with Gasteiger partial charge in [-0.2, -0.15) is 0 Å². The Morgan fingerprint density at radius 3 is 2.67 bits per heavy atom. The fraction of sp³-hybridized carbons (Fsp3) is 0.233. The van der Waals surface area contributed by atoms with Gasteiger partial charge >= 0.3 is 5.76 Å². The standard InChI is InChI=1S/C30H27FN4O5/c1-17(29-33-30(36)40-34-29)27-22-9-7-18(11-20(22)15-39-25-12-21(31)8-10-23(25)27)13-35-24-6-4-5-19(14-37-2)28(24)32-26(35)16-38-3/h4-12H,13-16H2,1-3H3,(H,33,34,36). The molecule has 2 aromatic heterocycles. The number of para-hydroxylation sites is 1. The Morgan fingerprint density at radius 2 is 1.90 bits per heavy atom. The lowest BCUT2D eigenvalue weighted by Crippen LogP contribution is -2.07. The van der Waals surface area contributed by atoms with Gasteiger partial charge in [0.2, 0.25) is 0 Å². The first kappa shape index (κ1) is 25.7. The summed E-state index contributed by atoms with van der Waals surface area (Å²) < 4.78 is 38.0. The van der Waals surface area contributed by atoms with Crippen LogP contribution in [-0.2, 0) is 35.8 Å². The van der Waals surface area contributed by atoms with Crippen LogP contribution >= 0.6 is 0 Å². The van der Waals surface area contributed by atoms with Gasteiger partial charge in [0, 0.05) is 43.5 Å². The third-order valence-corrected chi connectivity index (χ3v) is 7.06. The number of nitrogens with zero attached hydrogens (tertiary/aromatic N) is 3. The number of benzene rings is 3. The summed E-state index contributed by atoms with van der Waals surface area (Å²) in [6, 6.07) is 16.6. The molecule has 0 saturated carbocycles. The van der Waals surface area contributed by atoms with Crippen molar-refractivity contribution in [3.05, 3.63) is 110 Å². The molecule has 0 aliphatic carbocycles. The van der Waals surface area contributed by atoms with E-state index < -0.39 is 11.6 Å². The average molecular weight is 543 g/mol. The predicted octanol–water partition coefficient (Wildman–Crippen LogP) is 5.06. The van der Waals surface area contributed by atoms with Crippen molar-refractivity contribution in [2.24, 2.45) is 0 Å². The number of H-pyrrole nitrogens is 1. The van der Waals surface area contributed by atoms with Gasteiger partial charge in [-0.3, -0.25) is 9.51 Å². The van der Waals surface area contributed by atoms with Crippen molar-refractivity contribution in [1.82, 2.24) is 19.7 Å². The molecule has 10 heteroatoms. The van der Waals surface area contributed by atoms with Crippen LogP contribution in [0.15, 0.2) is 63.9 Å². The fourth-order valence-electron chi connectivity index (χ4n) is 5.27. The lowest BCUT2D eigenvalue weighted by atomic mass is 9.89. The summed E-state index contributed by atoms with van der Waals surface area (Å²) >= 11 is 0. The van der Waals surface area contributed by atoms with E-state index in [1.165, 1.54) is 12.1 Å². The molecule has 9 nitrogen and oxygen atoms in total. The Kier molecular flexibility index (Phi) is 6.79. The van der Waals surface area contributed by atoms with Crippen molar-refractivity contribution in [3.63, 3.8) is 0 Å². The van der Waals surface area contributed by atoms with E-state index in [-0.39, 0.29) is 6.61 Å². The Hall–Kier alpha value is -4.54. The van der Waals surface area contributed by atoms with Crippen LogP contribution in [0.3, 0.4) is 0 Å². The van der Waals surface area contributed by atoms with Crippen molar-refractivity contribution >= 4 is 22.2 Å². The van der Waals surface area contributed by atoms with Gasteiger partial charge in [-0.1, -0.05) is 29.4 Å². The van der Waals surface area contributed by atoms with Crippen LogP contribution in [0.1, 0.15) is 46.4 Å². The zero-order valence-electron chi connectivity index (χ0n) is 22.3. The molecule has 3 aromatic carbocycles. The summed E-state index contributed by atoms with van der Waals surface area (Å²) in [6.07, 6.45) is 0. The molecule has 0 atom stereocenters. The molecule has 1 aliphatic rings. The maximum atomic E-state index is 14.2. The number of imidazole rings is 1. The van der Waals surface area contributed by atoms with Crippen LogP contribution in [0.2, 0.25) is 0 Å². The molecule has 204 valence electrons. The zero-order chi connectivity index (χ0) is 27.8. The SMILES string of the molecule is COCc1cccc2c1nc(COC)n2Cc1ccc2c(c1)COc1cc(F)ccc1C2=C(C)c1noc(=O)[nH]1. The van der Waals surface area contributed by atoms with E-state index in [0.29, 0.717) is 42.5 Å². The predicted molar refractivity (Wildman–Crippen MR) is 146 cm³/mol. The van der Waals surface area contributed by atoms with Crippen molar-refractivity contribution in [2.45, 2.75) is 33.3 Å². The van der Waals surface area contributed by atoms with Gasteiger partial charge in [-0.25, -0.2) is 14.2 Å². The first-order chi connectivity index (χ1) is 19.5. The summed E-state index contributed by atoms with van der Waals surface area (Å²) in [5.41, 5.74) is 7.85.